The number of methoxy groups -OCH3 is 1. The molecule has 0 saturated carbocycles. The molecule has 0 spiro atoms. The van der Waals surface area contributed by atoms with Crippen LogP contribution in [0.25, 0.3) is 0 Å². The molecule has 1 aliphatic heterocycles. The topological polar surface area (TPSA) is 78.9 Å². The number of aliphatic carboxylic acids is 1. The van der Waals surface area contributed by atoms with Crippen LogP contribution < -0.4 is 5.32 Å². The third-order valence-corrected chi connectivity index (χ3v) is 4.27. The van der Waals surface area contributed by atoms with Gasteiger partial charge in [0.05, 0.1) is 18.6 Å². The van der Waals surface area contributed by atoms with Crippen LogP contribution in [0.3, 0.4) is 0 Å². The lowest BCUT2D eigenvalue weighted by molar-refractivity contribution is -0.151. The van der Waals surface area contributed by atoms with Gasteiger partial charge in [0.1, 0.15) is 0 Å². The average Bonchev–Trinajstić information content (AvgIpc) is 2.38. The molecule has 0 aliphatic carbocycles. The molecule has 0 radical (unpaired) electrons. The van der Waals surface area contributed by atoms with Crippen molar-refractivity contribution in [2.45, 2.75) is 39.7 Å². The molecule has 0 aromatic rings. The van der Waals surface area contributed by atoms with Gasteiger partial charge in [0.2, 0.25) is 5.91 Å². The van der Waals surface area contributed by atoms with Crippen molar-refractivity contribution in [1.29, 1.82) is 0 Å². The van der Waals surface area contributed by atoms with Gasteiger partial charge in [-0.1, -0.05) is 0 Å². The summed E-state index contributed by atoms with van der Waals surface area (Å²) in [5.41, 5.74) is -0.751. The van der Waals surface area contributed by atoms with Crippen LogP contribution in [0.5, 0.6) is 0 Å². The summed E-state index contributed by atoms with van der Waals surface area (Å²) in [5.74, 6) is -0.728. The van der Waals surface area contributed by atoms with E-state index in [0.717, 1.165) is 19.4 Å². The lowest BCUT2D eigenvalue weighted by Gasteiger charge is -2.39. The number of nitrogens with one attached hydrogen (secondary N) is 1. The van der Waals surface area contributed by atoms with Crippen LogP contribution in [0.15, 0.2) is 0 Å². The minimum atomic E-state index is -0.771. The van der Waals surface area contributed by atoms with E-state index in [1.807, 2.05) is 11.8 Å². The van der Waals surface area contributed by atoms with E-state index in [4.69, 9.17) is 4.74 Å². The van der Waals surface area contributed by atoms with Crippen molar-refractivity contribution in [3.8, 4) is 0 Å². The molecule has 0 aromatic carbocycles. The zero-order valence-electron chi connectivity index (χ0n) is 13.5. The maximum Gasteiger partial charge on any atom is 0.309 e. The Balaban J connectivity index is 2.50. The van der Waals surface area contributed by atoms with Crippen LogP contribution in [0, 0.1) is 11.3 Å². The Kier molecular flexibility index (Phi) is 6.61. The highest BCUT2D eigenvalue weighted by Crippen LogP contribution is 2.34. The van der Waals surface area contributed by atoms with Gasteiger partial charge < -0.3 is 15.2 Å². The first-order chi connectivity index (χ1) is 9.77. The molecule has 6 heteroatoms. The van der Waals surface area contributed by atoms with Crippen LogP contribution in [-0.2, 0) is 14.3 Å². The van der Waals surface area contributed by atoms with Gasteiger partial charge >= 0.3 is 5.97 Å². The lowest BCUT2D eigenvalue weighted by Crippen LogP contribution is -2.49. The number of likely N-dealkylation sites (tertiary alicyclic amines) is 1. The standard InChI is InChI=1S/C15H28N2O4/c1-11(10-21-4)16-13(18)9-17-7-5-6-12(8-17)15(2,3)14(19)20/h11-12H,5-10H2,1-4H3,(H,16,18)(H,19,20). The van der Waals surface area contributed by atoms with Crippen LogP contribution in [0.4, 0.5) is 0 Å². The van der Waals surface area contributed by atoms with E-state index in [1.54, 1.807) is 21.0 Å². The zero-order chi connectivity index (χ0) is 16.0. The molecule has 1 fully saturated rings. The highest BCUT2D eigenvalue weighted by atomic mass is 16.5. The fourth-order valence-corrected chi connectivity index (χ4v) is 2.78. The minimum Gasteiger partial charge on any atom is -0.481 e. The summed E-state index contributed by atoms with van der Waals surface area (Å²) in [6, 6.07) is -0.0152. The van der Waals surface area contributed by atoms with Gasteiger partial charge in [-0.05, 0) is 46.1 Å². The highest BCUT2D eigenvalue weighted by Gasteiger charge is 2.39. The largest absolute Gasteiger partial charge is 0.481 e. The number of ether oxygens (including phenoxy) is 1. The Bertz CT molecular complexity index is 371. The zero-order valence-corrected chi connectivity index (χ0v) is 13.5. The lowest BCUT2D eigenvalue weighted by atomic mass is 9.74. The molecule has 122 valence electrons. The molecule has 0 aromatic heterocycles. The molecular weight excluding hydrogens is 272 g/mol. The first-order valence-electron chi connectivity index (χ1n) is 7.51. The van der Waals surface area contributed by atoms with E-state index in [2.05, 4.69) is 5.32 Å². The third kappa shape index (κ3) is 5.28. The predicted molar refractivity (Wildman–Crippen MR) is 80.1 cm³/mol. The summed E-state index contributed by atoms with van der Waals surface area (Å²) >= 11 is 0. The SMILES string of the molecule is COCC(C)NC(=O)CN1CCCC(C(C)(C)C(=O)O)C1. The van der Waals surface area contributed by atoms with Gasteiger partial charge in [-0.25, -0.2) is 0 Å². The first kappa shape index (κ1) is 17.9. The Morgan fingerprint density at radius 2 is 2.14 bits per heavy atom. The Morgan fingerprint density at radius 3 is 2.71 bits per heavy atom. The summed E-state index contributed by atoms with van der Waals surface area (Å²) in [4.78, 5) is 25.4. The fourth-order valence-electron chi connectivity index (χ4n) is 2.78. The van der Waals surface area contributed by atoms with Crippen molar-refractivity contribution in [2.24, 2.45) is 11.3 Å². The molecular formula is C15H28N2O4. The van der Waals surface area contributed by atoms with E-state index < -0.39 is 11.4 Å². The molecule has 2 atom stereocenters. The number of nitrogens with zero attached hydrogens (tertiary/aromatic N) is 1. The number of rotatable bonds is 7. The summed E-state index contributed by atoms with van der Waals surface area (Å²) in [6.45, 7) is 7.74. The van der Waals surface area contributed by atoms with Crippen molar-refractivity contribution in [3.63, 3.8) is 0 Å². The summed E-state index contributed by atoms with van der Waals surface area (Å²) < 4.78 is 4.99. The molecule has 1 amide bonds. The number of hydrogen-bond donors (Lipinski definition) is 2. The summed E-state index contributed by atoms with van der Waals surface area (Å²) in [6.07, 6.45) is 1.83. The quantitative estimate of drug-likeness (QED) is 0.732. The molecule has 1 heterocycles. The van der Waals surface area contributed by atoms with Crippen LogP contribution in [0.2, 0.25) is 0 Å². The second-order valence-corrected chi connectivity index (χ2v) is 6.53. The smallest absolute Gasteiger partial charge is 0.309 e. The van der Waals surface area contributed by atoms with Crippen LogP contribution >= 0.6 is 0 Å². The number of hydrogen-bond acceptors (Lipinski definition) is 4. The molecule has 0 bridgehead atoms. The predicted octanol–water partition coefficient (Wildman–Crippen LogP) is 0.960. The van der Waals surface area contributed by atoms with Crippen molar-refractivity contribution < 1.29 is 19.4 Å². The van der Waals surface area contributed by atoms with Gasteiger partial charge in [-0.15, -0.1) is 0 Å². The maximum absolute atomic E-state index is 12.0. The minimum absolute atomic E-state index is 0.0152. The van der Waals surface area contributed by atoms with E-state index in [-0.39, 0.29) is 17.9 Å². The van der Waals surface area contributed by atoms with E-state index in [1.165, 1.54) is 0 Å². The van der Waals surface area contributed by atoms with Crippen LogP contribution in [-0.4, -0.2) is 61.3 Å². The van der Waals surface area contributed by atoms with Crippen molar-refractivity contribution in [2.75, 3.05) is 33.4 Å². The Hall–Kier alpha value is -1.14. The summed E-state index contributed by atoms with van der Waals surface area (Å²) in [5, 5.41) is 12.2. The summed E-state index contributed by atoms with van der Waals surface area (Å²) in [7, 11) is 1.60. The Labute approximate surface area is 126 Å². The highest BCUT2D eigenvalue weighted by molar-refractivity contribution is 5.78. The molecule has 1 saturated heterocycles. The van der Waals surface area contributed by atoms with Gasteiger partial charge in [-0.2, -0.15) is 0 Å². The number of amides is 1. The third-order valence-electron chi connectivity index (χ3n) is 4.27. The molecule has 6 nitrogen and oxygen atoms in total. The van der Waals surface area contributed by atoms with E-state index >= 15 is 0 Å². The second-order valence-electron chi connectivity index (χ2n) is 6.53. The number of carboxylic acids is 1. The second kappa shape index (κ2) is 7.75. The molecule has 1 aliphatic rings. The van der Waals surface area contributed by atoms with E-state index in [0.29, 0.717) is 19.7 Å². The molecule has 1 rings (SSSR count). The normalized spacial score (nSPS) is 21.8. The van der Waals surface area contributed by atoms with Crippen molar-refractivity contribution >= 4 is 11.9 Å². The molecule has 2 unspecified atom stereocenters. The van der Waals surface area contributed by atoms with Crippen molar-refractivity contribution in [3.05, 3.63) is 0 Å². The van der Waals surface area contributed by atoms with Crippen LogP contribution in [0.1, 0.15) is 33.6 Å². The maximum atomic E-state index is 12.0. The average molecular weight is 300 g/mol. The number of carboxylic acid groups (broad SMARTS) is 1. The van der Waals surface area contributed by atoms with Crippen molar-refractivity contribution in [1.82, 2.24) is 10.2 Å². The van der Waals surface area contributed by atoms with Gasteiger partial charge in [-0.3, -0.25) is 14.5 Å². The first-order valence-corrected chi connectivity index (χ1v) is 7.51. The molecule has 21 heavy (non-hydrogen) atoms. The van der Waals surface area contributed by atoms with Gasteiger partial charge in [0, 0.05) is 19.7 Å². The van der Waals surface area contributed by atoms with E-state index in [9.17, 15) is 14.7 Å². The number of piperidine rings is 1. The van der Waals surface area contributed by atoms with Gasteiger partial charge in [0.15, 0.2) is 0 Å². The number of carbonyl (C=O) groups excluding carboxylic acids is 1. The number of carbonyl (C=O) groups is 2. The fraction of sp³-hybridized carbons (Fsp3) is 0.867. The Morgan fingerprint density at radius 1 is 1.48 bits per heavy atom. The van der Waals surface area contributed by atoms with Gasteiger partial charge in [0.25, 0.3) is 0 Å². The molecule has 2 N–H and O–H groups in total. The monoisotopic (exact) mass is 300 g/mol.